The molecule has 2 aliphatic heterocycles. The van der Waals surface area contributed by atoms with Crippen LogP contribution in [0.15, 0.2) is 93.9 Å². The van der Waals surface area contributed by atoms with Crippen molar-refractivity contribution in [1.29, 1.82) is 0 Å². The van der Waals surface area contributed by atoms with Crippen molar-refractivity contribution in [2.45, 2.75) is 49.8 Å². The van der Waals surface area contributed by atoms with Crippen LogP contribution >= 0.6 is 0 Å². The first-order chi connectivity index (χ1) is 26.6. The van der Waals surface area contributed by atoms with E-state index in [0.29, 0.717) is 54.8 Å². The number of benzene rings is 3. The number of rotatable bonds is 18. The maximum absolute atomic E-state index is 12.1. The molecule has 1 unspecified atom stereocenters. The minimum absolute atomic E-state index is 0. The van der Waals surface area contributed by atoms with Crippen LogP contribution in [0.2, 0.25) is 0 Å². The summed E-state index contributed by atoms with van der Waals surface area (Å²) in [5, 5.41) is 10.4. The molecule has 5 rings (SSSR count). The Balaban J connectivity index is 0.00000720. The normalized spacial score (nSPS) is 16.3. The monoisotopic (exact) mass is 830 g/mol. The van der Waals surface area contributed by atoms with Crippen LogP contribution in [-0.2, 0) is 39.9 Å². The van der Waals surface area contributed by atoms with E-state index in [1.54, 1.807) is 14.2 Å². The fourth-order valence-corrected chi connectivity index (χ4v) is 8.28. The van der Waals surface area contributed by atoms with E-state index in [9.17, 15) is 35.8 Å². The number of aliphatic carboxylic acids is 1. The SMILES string of the molecule is COCC[N+](CCOC)=c1ccc2c(/C=C/C=C3\N(CCCS(=O)(=O)[O-])c4ccc(S(=O)(=O)[O-])cc4C3(C)CCCC(=O)O)c(C)c(-c3ccccc3)oc-2c1.[Na+]. The van der Waals surface area contributed by atoms with Gasteiger partial charge in [-0.1, -0.05) is 42.5 Å². The Morgan fingerprint density at radius 2 is 1.65 bits per heavy atom. The number of anilines is 1. The number of allylic oxidation sites excluding steroid dienone is 3. The van der Waals surface area contributed by atoms with Crippen LogP contribution < -0.4 is 44.4 Å². The van der Waals surface area contributed by atoms with Crippen LogP contribution in [0.5, 0.6) is 0 Å². The molecule has 2 aromatic rings. The molecule has 0 fully saturated rings. The van der Waals surface area contributed by atoms with E-state index in [4.69, 9.17) is 13.9 Å². The summed E-state index contributed by atoms with van der Waals surface area (Å²) in [5.74, 6) is -0.318. The Labute approximate surface area is 356 Å². The summed E-state index contributed by atoms with van der Waals surface area (Å²) < 4.78 is 90.7. The van der Waals surface area contributed by atoms with Gasteiger partial charge in [0, 0.05) is 72.5 Å². The van der Waals surface area contributed by atoms with Crippen molar-refractivity contribution >= 4 is 38.0 Å². The predicted octanol–water partition coefficient (Wildman–Crippen LogP) is 2.20. The van der Waals surface area contributed by atoms with Gasteiger partial charge in [0.05, 0.1) is 21.1 Å². The molecule has 1 N–H and O–H groups in total. The van der Waals surface area contributed by atoms with Gasteiger partial charge in [-0.3, -0.25) is 4.79 Å². The molecular weight excluding hydrogens is 784 g/mol. The van der Waals surface area contributed by atoms with E-state index in [1.165, 1.54) is 18.2 Å². The molecule has 3 aliphatic rings. The maximum atomic E-state index is 12.1. The first-order valence-electron chi connectivity index (χ1n) is 18.2. The van der Waals surface area contributed by atoms with Crippen molar-refractivity contribution < 1.29 is 79.3 Å². The van der Waals surface area contributed by atoms with Gasteiger partial charge in [0.25, 0.3) is 0 Å². The van der Waals surface area contributed by atoms with Gasteiger partial charge in [0.1, 0.15) is 34.9 Å². The molecule has 0 bridgehead atoms. The van der Waals surface area contributed by atoms with Gasteiger partial charge in [-0.2, -0.15) is 0 Å². The number of ether oxygens (including phenoxy) is 2. The minimum atomic E-state index is -4.84. The molecular formula is C41H47N2NaO11S2. The largest absolute Gasteiger partial charge is 1.00 e. The summed E-state index contributed by atoms with van der Waals surface area (Å²) in [6, 6.07) is 19.7. The Morgan fingerprint density at radius 3 is 2.26 bits per heavy atom. The van der Waals surface area contributed by atoms with E-state index < -0.39 is 42.3 Å². The Kier molecular flexibility index (Phi) is 16.1. The van der Waals surface area contributed by atoms with Gasteiger partial charge in [-0.25, -0.2) is 21.4 Å². The van der Waals surface area contributed by atoms with Gasteiger partial charge in [-0.05, 0) is 74.6 Å². The number of carbonyl (C=O) groups is 1. The van der Waals surface area contributed by atoms with E-state index in [0.717, 1.165) is 27.6 Å². The molecule has 16 heteroatoms. The van der Waals surface area contributed by atoms with E-state index in [2.05, 4.69) is 4.58 Å². The summed E-state index contributed by atoms with van der Waals surface area (Å²) in [5.41, 5.74) is 4.08. The third kappa shape index (κ3) is 11.3. The van der Waals surface area contributed by atoms with Crippen LogP contribution in [0.4, 0.5) is 5.69 Å². The van der Waals surface area contributed by atoms with Crippen LogP contribution in [-0.4, -0.2) is 89.8 Å². The molecule has 0 spiro atoms. The Bertz CT molecular complexity index is 2370. The number of fused-ring (bicyclic) bond motifs is 2. The van der Waals surface area contributed by atoms with Gasteiger partial charge in [0.2, 0.25) is 5.36 Å². The quantitative estimate of drug-likeness (QED) is 0.0876. The van der Waals surface area contributed by atoms with Gasteiger partial charge >= 0.3 is 35.5 Å². The first-order valence-corrected chi connectivity index (χ1v) is 21.2. The standard InChI is InChI=1S/C41H48N2O11S2.Na/c1-29-33(34-18-16-31(42(22-24-52-3)23-25-53-4)27-37(34)54-40(29)30-11-6-5-7-12-30)13-8-14-38-41(2,20-9-15-39(44)45)35-28-32(56(49,50)51)17-19-36(35)43(38)21-10-26-55(46,47)48;/h5-8,11-14,16-19,27-28H,9-10,15,20-26H2,1-4H3,(H2-,44,45,46,47,48,49,50,51);/q;+1/p-1. The van der Waals surface area contributed by atoms with Gasteiger partial charge in [-0.15, -0.1) is 0 Å². The van der Waals surface area contributed by atoms with Crippen LogP contribution in [0.1, 0.15) is 49.3 Å². The fraction of sp³-hybridized carbons (Fsp3) is 0.366. The van der Waals surface area contributed by atoms with Crippen LogP contribution in [0.3, 0.4) is 0 Å². The summed E-state index contributed by atoms with van der Waals surface area (Å²) in [4.78, 5) is 12.9. The zero-order valence-electron chi connectivity index (χ0n) is 32.9. The van der Waals surface area contributed by atoms with Crippen molar-refractivity contribution in [3.8, 4) is 22.6 Å². The summed E-state index contributed by atoms with van der Waals surface area (Å²) >= 11 is 0. The number of nitrogens with zero attached hydrogens (tertiary/aromatic N) is 2. The second-order valence-electron chi connectivity index (χ2n) is 13.9. The Hall–Kier alpha value is -3.64. The third-order valence-corrected chi connectivity index (χ3v) is 11.7. The first kappa shape index (κ1) is 46.1. The predicted molar refractivity (Wildman–Crippen MR) is 211 cm³/mol. The number of carboxylic acids is 1. The topological polar surface area (TPSA) is 190 Å². The zero-order chi connectivity index (χ0) is 40.7. The molecule has 1 aliphatic carbocycles. The van der Waals surface area contributed by atoms with Crippen molar-refractivity contribution in [3.05, 3.63) is 107 Å². The molecule has 0 saturated carbocycles. The van der Waals surface area contributed by atoms with E-state index in [1.807, 2.05) is 85.5 Å². The second-order valence-corrected chi connectivity index (χ2v) is 16.8. The summed E-state index contributed by atoms with van der Waals surface area (Å²) in [6.45, 7) is 6.20. The smallest absolute Gasteiger partial charge is 0.748 e. The molecule has 2 heterocycles. The minimum Gasteiger partial charge on any atom is -0.748 e. The molecule has 0 amide bonds. The van der Waals surface area contributed by atoms with E-state index >= 15 is 0 Å². The third-order valence-electron chi connectivity index (χ3n) is 10.1. The zero-order valence-corrected chi connectivity index (χ0v) is 36.5. The number of methoxy groups -OCH3 is 2. The number of carboxylic acid groups (broad SMARTS) is 1. The molecule has 13 nitrogen and oxygen atoms in total. The molecule has 0 aromatic heterocycles. The number of hydrogen-bond acceptors (Lipinski definition) is 11. The van der Waals surface area contributed by atoms with Crippen molar-refractivity contribution in [2.24, 2.45) is 0 Å². The fourth-order valence-electron chi connectivity index (χ4n) is 7.30. The van der Waals surface area contributed by atoms with Crippen LogP contribution in [0.25, 0.3) is 28.7 Å². The van der Waals surface area contributed by atoms with Gasteiger partial charge < -0.3 is 33.0 Å². The van der Waals surface area contributed by atoms with Crippen molar-refractivity contribution in [3.63, 3.8) is 0 Å². The maximum Gasteiger partial charge on any atom is 1.00 e. The molecule has 1 atom stereocenters. The van der Waals surface area contributed by atoms with E-state index in [-0.39, 0.29) is 61.8 Å². The summed E-state index contributed by atoms with van der Waals surface area (Å²) in [6.07, 6.45) is 5.92. The second kappa shape index (κ2) is 19.9. The molecule has 0 radical (unpaired) electrons. The average molecular weight is 831 g/mol. The van der Waals surface area contributed by atoms with Crippen molar-refractivity contribution in [1.82, 2.24) is 4.58 Å². The average Bonchev–Trinajstić information content (AvgIpc) is 3.37. The van der Waals surface area contributed by atoms with Gasteiger partial charge in [0.15, 0.2) is 13.1 Å². The molecule has 300 valence electrons. The number of hydrogen-bond donors (Lipinski definition) is 1. The van der Waals surface area contributed by atoms with Crippen LogP contribution in [0, 0.1) is 6.92 Å². The van der Waals surface area contributed by atoms with Crippen molar-refractivity contribution in [2.75, 3.05) is 57.7 Å². The Morgan fingerprint density at radius 1 is 0.965 bits per heavy atom. The molecule has 2 aromatic carbocycles. The summed E-state index contributed by atoms with van der Waals surface area (Å²) in [7, 11) is -6.07. The molecule has 57 heavy (non-hydrogen) atoms. The molecule has 0 saturated heterocycles.